The Morgan fingerprint density at radius 1 is 1.31 bits per heavy atom. The second kappa shape index (κ2) is 6.89. The van der Waals surface area contributed by atoms with Gasteiger partial charge in [0.2, 0.25) is 0 Å². The third kappa shape index (κ3) is 4.52. The molecule has 0 aromatic rings. The summed E-state index contributed by atoms with van der Waals surface area (Å²) in [4.78, 5) is 9.96. The molecule has 1 saturated heterocycles. The molecule has 0 aromatic heterocycles. The highest BCUT2D eigenvalue weighted by atomic mass is 16.6. The van der Waals surface area contributed by atoms with Crippen molar-refractivity contribution in [2.45, 2.75) is 70.5 Å². The van der Waals surface area contributed by atoms with E-state index in [9.17, 15) is 4.79 Å². The largest absolute Gasteiger partial charge is 0.468 e. The summed E-state index contributed by atoms with van der Waals surface area (Å²) < 4.78 is 10.4. The van der Waals surface area contributed by atoms with E-state index in [0.717, 1.165) is 12.8 Å². The van der Waals surface area contributed by atoms with Crippen molar-refractivity contribution in [3.8, 4) is 0 Å². The van der Waals surface area contributed by atoms with Gasteiger partial charge in [-0.1, -0.05) is 32.6 Å². The van der Waals surface area contributed by atoms with Crippen molar-refractivity contribution in [1.82, 2.24) is 0 Å². The molecular formula is C13H24O3. The lowest BCUT2D eigenvalue weighted by Gasteiger charge is -2.05. The Morgan fingerprint density at radius 2 is 2.12 bits per heavy atom. The van der Waals surface area contributed by atoms with Crippen LogP contribution in [0.4, 0.5) is 0 Å². The van der Waals surface area contributed by atoms with Crippen LogP contribution in [0.2, 0.25) is 0 Å². The van der Waals surface area contributed by atoms with Gasteiger partial charge in [0.1, 0.15) is 0 Å². The Bertz CT molecular complexity index is 205. The van der Waals surface area contributed by atoms with Crippen molar-refractivity contribution in [3.05, 3.63) is 0 Å². The molecule has 0 spiro atoms. The maximum absolute atomic E-state index is 9.96. The van der Waals surface area contributed by atoms with Gasteiger partial charge in [0, 0.05) is 0 Å². The van der Waals surface area contributed by atoms with Crippen LogP contribution in [-0.4, -0.2) is 24.8 Å². The molecule has 2 unspecified atom stereocenters. The molecule has 3 nitrogen and oxygen atoms in total. The van der Waals surface area contributed by atoms with Gasteiger partial charge in [-0.05, 0) is 26.2 Å². The van der Waals surface area contributed by atoms with Gasteiger partial charge in [0.25, 0.3) is 6.47 Å². The van der Waals surface area contributed by atoms with Gasteiger partial charge in [0.15, 0.2) is 0 Å². The minimum atomic E-state index is 0.0679. The molecule has 1 aliphatic rings. The summed E-state index contributed by atoms with van der Waals surface area (Å²) in [5.74, 6) is 0. The van der Waals surface area contributed by atoms with E-state index in [2.05, 4.69) is 18.6 Å². The molecule has 1 aliphatic heterocycles. The third-order valence-corrected chi connectivity index (χ3v) is 3.36. The van der Waals surface area contributed by atoms with E-state index in [1.165, 1.54) is 32.1 Å². The quantitative estimate of drug-likeness (QED) is 0.328. The Balaban J connectivity index is 1.99. The fraction of sp³-hybridized carbons (Fsp3) is 0.923. The first-order valence-electron chi connectivity index (χ1n) is 6.46. The lowest BCUT2D eigenvalue weighted by Crippen LogP contribution is -2.11. The minimum Gasteiger partial charge on any atom is -0.468 e. The van der Waals surface area contributed by atoms with Crippen molar-refractivity contribution >= 4 is 6.47 Å². The minimum absolute atomic E-state index is 0.0679. The number of hydrogen-bond donors (Lipinski definition) is 0. The third-order valence-electron chi connectivity index (χ3n) is 3.36. The highest BCUT2D eigenvalue weighted by Gasteiger charge is 2.50. The molecule has 0 aliphatic carbocycles. The summed E-state index contributed by atoms with van der Waals surface area (Å²) in [5, 5.41) is 0. The molecule has 0 radical (unpaired) electrons. The van der Waals surface area contributed by atoms with Crippen molar-refractivity contribution in [3.63, 3.8) is 0 Å². The molecule has 16 heavy (non-hydrogen) atoms. The van der Waals surface area contributed by atoms with E-state index in [-0.39, 0.29) is 5.60 Å². The molecule has 1 rings (SSSR count). The van der Waals surface area contributed by atoms with Gasteiger partial charge in [-0.2, -0.15) is 0 Å². The molecule has 94 valence electrons. The fourth-order valence-corrected chi connectivity index (χ4v) is 2.19. The topological polar surface area (TPSA) is 38.8 Å². The Labute approximate surface area is 98.5 Å². The summed E-state index contributed by atoms with van der Waals surface area (Å²) in [6, 6.07) is 0. The molecular weight excluding hydrogens is 204 g/mol. The Morgan fingerprint density at radius 3 is 2.81 bits per heavy atom. The van der Waals surface area contributed by atoms with Crippen LogP contribution < -0.4 is 0 Å². The van der Waals surface area contributed by atoms with E-state index in [4.69, 9.17) is 4.74 Å². The molecule has 0 N–H and O–H groups in total. The zero-order valence-electron chi connectivity index (χ0n) is 10.5. The number of rotatable bonds is 10. The summed E-state index contributed by atoms with van der Waals surface area (Å²) >= 11 is 0. The van der Waals surface area contributed by atoms with Gasteiger partial charge in [-0.25, -0.2) is 0 Å². The van der Waals surface area contributed by atoms with Crippen molar-refractivity contribution in [2.75, 3.05) is 6.61 Å². The molecule has 1 fully saturated rings. The predicted octanol–water partition coefficient (Wildman–Crippen LogP) is 3.07. The van der Waals surface area contributed by atoms with Crippen molar-refractivity contribution < 1.29 is 14.3 Å². The van der Waals surface area contributed by atoms with Crippen LogP contribution >= 0.6 is 0 Å². The summed E-state index contributed by atoms with van der Waals surface area (Å²) in [6.45, 7) is 5.42. The zero-order valence-corrected chi connectivity index (χ0v) is 10.5. The molecule has 0 amide bonds. The van der Waals surface area contributed by atoms with E-state index in [1.54, 1.807) is 0 Å². The van der Waals surface area contributed by atoms with Gasteiger partial charge < -0.3 is 9.47 Å². The van der Waals surface area contributed by atoms with E-state index in [0.29, 0.717) is 19.2 Å². The Hall–Kier alpha value is -0.570. The first-order chi connectivity index (χ1) is 7.73. The number of unbranched alkanes of at least 4 members (excludes halogenated alkanes) is 3. The van der Waals surface area contributed by atoms with Crippen LogP contribution in [0.1, 0.15) is 58.8 Å². The predicted molar refractivity (Wildman–Crippen MR) is 63.3 cm³/mol. The summed E-state index contributed by atoms with van der Waals surface area (Å²) in [6.07, 6.45) is 8.74. The van der Waals surface area contributed by atoms with Crippen LogP contribution in [0.5, 0.6) is 0 Å². The van der Waals surface area contributed by atoms with Crippen molar-refractivity contribution in [1.29, 1.82) is 0 Å². The molecule has 1 heterocycles. The van der Waals surface area contributed by atoms with E-state index < -0.39 is 0 Å². The maximum atomic E-state index is 9.96. The Kier molecular flexibility index (Phi) is 5.81. The fourth-order valence-electron chi connectivity index (χ4n) is 2.19. The molecule has 0 saturated carbocycles. The number of carbonyl (C=O) groups is 1. The van der Waals surface area contributed by atoms with E-state index >= 15 is 0 Å². The zero-order chi connectivity index (χ0) is 11.9. The average Bonchev–Trinajstić information content (AvgIpc) is 2.92. The smallest absolute Gasteiger partial charge is 0.293 e. The highest BCUT2D eigenvalue weighted by molar-refractivity contribution is 5.36. The highest BCUT2D eigenvalue weighted by Crippen LogP contribution is 2.43. The van der Waals surface area contributed by atoms with Gasteiger partial charge >= 0.3 is 0 Å². The second-order valence-corrected chi connectivity index (χ2v) is 4.84. The van der Waals surface area contributed by atoms with Gasteiger partial charge in [-0.3, -0.25) is 4.79 Å². The average molecular weight is 228 g/mol. The second-order valence-electron chi connectivity index (χ2n) is 4.84. The summed E-state index contributed by atoms with van der Waals surface area (Å²) in [7, 11) is 0. The number of epoxide rings is 1. The number of carbonyl (C=O) groups excluding carboxylic acids is 1. The maximum Gasteiger partial charge on any atom is 0.293 e. The van der Waals surface area contributed by atoms with Crippen LogP contribution in [0.3, 0.4) is 0 Å². The standard InChI is InChI=1S/C13H24O3/c1-3-4-5-6-8-12-13(2,16-12)9-7-10-15-11-14/h11-12H,3-10H2,1-2H3. The van der Waals surface area contributed by atoms with Crippen LogP contribution in [0, 0.1) is 0 Å². The monoisotopic (exact) mass is 228 g/mol. The first-order valence-corrected chi connectivity index (χ1v) is 6.46. The lowest BCUT2D eigenvalue weighted by molar-refractivity contribution is -0.128. The van der Waals surface area contributed by atoms with Crippen LogP contribution in [-0.2, 0) is 14.3 Å². The lowest BCUT2D eigenvalue weighted by atomic mass is 9.98. The van der Waals surface area contributed by atoms with Gasteiger partial charge in [0.05, 0.1) is 18.3 Å². The first kappa shape index (κ1) is 13.5. The summed E-state index contributed by atoms with van der Waals surface area (Å²) in [5.41, 5.74) is 0.0679. The van der Waals surface area contributed by atoms with Crippen molar-refractivity contribution in [2.24, 2.45) is 0 Å². The van der Waals surface area contributed by atoms with Crippen LogP contribution in [0.25, 0.3) is 0 Å². The molecule has 2 atom stereocenters. The van der Waals surface area contributed by atoms with Gasteiger partial charge in [-0.15, -0.1) is 0 Å². The van der Waals surface area contributed by atoms with E-state index in [1.807, 2.05) is 0 Å². The number of hydrogen-bond acceptors (Lipinski definition) is 3. The van der Waals surface area contributed by atoms with Crippen LogP contribution in [0.15, 0.2) is 0 Å². The number of ether oxygens (including phenoxy) is 2. The normalized spacial score (nSPS) is 27.8. The molecule has 0 bridgehead atoms. The molecule has 3 heteroatoms. The molecule has 0 aromatic carbocycles. The SMILES string of the molecule is CCCCCCC1OC1(C)CCCOC=O.